The summed E-state index contributed by atoms with van der Waals surface area (Å²) in [5, 5.41) is 12.0. The number of nitriles is 1. The van der Waals surface area contributed by atoms with Crippen molar-refractivity contribution in [3.63, 3.8) is 0 Å². The Hall–Kier alpha value is -4.14. The fourth-order valence-electron chi connectivity index (χ4n) is 6.83. The molecule has 1 heterocycles. The van der Waals surface area contributed by atoms with Gasteiger partial charge in [-0.3, -0.25) is 13.8 Å². The monoisotopic (exact) mass is 734 g/mol. The molecule has 262 valence electrons. The zero-order chi connectivity index (χ0) is 35.9. The number of rotatable bonds is 13. The first kappa shape index (κ1) is 37.1. The molecule has 1 fully saturated rings. The standard InChI is InChI=1S/C38H40Cl2N4O5S/c1-48-29-9-10-30(34(20-29)50(3)47)24-12-15-43(16-13-24)17-14-27(25-8-11-32(39)33(40)19-25)22-44(23-35(42)45)38(46)36-31-7-5-4-6-26(31)18-28(21-41)37(36)49-2/h4-11,18-20,24,27H,12-17,22-23H2,1-3H3,(H2,42,45)/t27?,50-/m0/s1. The van der Waals surface area contributed by atoms with Gasteiger partial charge in [-0.2, -0.15) is 5.26 Å². The maximum atomic E-state index is 14.5. The van der Waals surface area contributed by atoms with Crippen LogP contribution >= 0.6 is 23.2 Å². The minimum absolute atomic E-state index is 0.145. The molecule has 4 aromatic rings. The highest BCUT2D eigenvalue weighted by Gasteiger charge is 2.30. The van der Waals surface area contributed by atoms with Gasteiger partial charge < -0.3 is 25.0 Å². The second-order valence-corrected chi connectivity index (χ2v) is 14.6. The van der Waals surface area contributed by atoms with E-state index < -0.39 is 22.6 Å². The summed E-state index contributed by atoms with van der Waals surface area (Å²) in [6.45, 7) is 2.23. The van der Waals surface area contributed by atoms with Crippen LogP contribution in [0.25, 0.3) is 10.8 Å². The first-order valence-corrected chi connectivity index (χ1v) is 18.6. The van der Waals surface area contributed by atoms with Gasteiger partial charge >= 0.3 is 0 Å². The van der Waals surface area contributed by atoms with E-state index in [1.54, 1.807) is 37.6 Å². The Balaban J connectivity index is 1.41. The topological polar surface area (TPSA) is 126 Å². The summed E-state index contributed by atoms with van der Waals surface area (Å²) in [5.74, 6) is -0.260. The minimum Gasteiger partial charge on any atom is -0.497 e. The number of nitrogens with zero attached hydrogens (tertiary/aromatic N) is 3. The number of likely N-dealkylation sites (tertiary alicyclic amines) is 1. The number of carbonyl (C=O) groups is 2. The van der Waals surface area contributed by atoms with Crippen LogP contribution in [0.15, 0.2) is 71.6 Å². The SMILES string of the molecule is COc1ccc(C2CCN(CCC(CN(CC(N)=O)C(=O)c3c(OC)c(C#N)cc4ccccc34)c3ccc(Cl)c(Cl)c3)CC2)c([S@](C)=O)c1. The van der Waals surface area contributed by atoms with Crippen LogP contribution in [0.2, 0.25) is 10.0 Å². The Bertz CT molecular complexity index is 1960. The predicted molar refractivity (Wildman–Crippen MR) is 198 cm³/mol. The first-order valence-electron chi connectivity index (χ1n) is 16.3. The molecule has 5 rings (SSSR count). The number of fused-ring (bicyclic) bond motifs is 1. The van der Waals surface area contributed by atoms with Crippen LogP contribution in [0.5, 0.6) is 11.5 Å². The van der Waals surface area contributed by atoms with E-state index in [-0.39, 0.29) is 41.8 Å². The van der Waals surface area contributed by atoms with Crippen LogP contribution in [-0.4, -0.2) is 79.0 Å². The number of hydrogen-bond donors (Lipinski definition) is 1. The van der Waals surface area contributed by atoms with Crippen LogP contribution in [0, 0.1) is 11.3 Å². The lowest BCUT2D eigenvalue weighted by Gasteiger charge is -2.34. The van der Waals surface area contributed by atoms with Crippen molar-refractivity contribution in [3.8, 4) is 17.6 Å². The molecule has 1 saturated heterocycles. The van der Waals surface area contributed by atoms with E-state index in [0.29, 0.717) is 33.0 Å². The molecule has 1 aliphatic heterocycles. The van der Waals surface area contributed by atoms with E-state index in [9.17, 15) is 19.1 Å². The summed E-state index contributed by atoms with van der Waals surface area (Å²) < 4.78 is 23.6. The summed E-state index contributed by atoms with van der Waals surface area (Å²) in [5.41, 5.74) is 8.10. The Morgan fingerprint density at radius 1 is 1.04 bits per heavy atom. The Morgan fingerprint density at radius 2 is 1.78 bits per heavy atom. The van der Waals surface area contributed by atoms with Gasteiger partial charge in [-0.15, -0.1) is 0 Å². The average Bonchev–Trinajstić information content (AvgIpc) is 3.12. The molecule has 0 spiro atoms. The summed E-state index contributed by atoms with van der Waals surface area (Å²) in [7, 11) is 1.88. The molecule has 0 aromatic heterocycles. The summed E-state index contributed by atoms with van der Waals surface area (Å²) in [6.07, 6.45) is 4.15. The number of benzene rings is 4. The van der Waals surface area contributed by atoms with Crippen LogP contribution in [0.3, 0.4) is 0 Å². The van der Waals surface area contributed by atoms with Gasteiger partial charge in [-0.25, -0.2) is 0 Å². The molecule has 1 unspecified atom stereocenters. The summed E-state index contributed by atoms with van der Waals surface area (Å²) >= 11 is 12.8. The molecule has 0 saturated carbocycles. The number of piperidine rings is 1. The molecule has 2 atom stereocenters. The van der Waals surface area contributed by atoms with E-state index in [1.165, 1.54) is 12.0 Å². The number of hydrogen-bond acceptors (Lipinski definition) is 7. The zero-order valence-electron chi connectivity index (χ0n) is 28.3. The van der Waals surface area contributed by atoms with Gasteiger partial charge in [0.1, 0.15) is 17.6 Å². The summed E-state index contributed by atoms with van der Waals surface area (Å²) in [6, 6.07) is 22.3. The molecular weight excluding hydrogens is 695 g/mol. The Morgan fingerprint density at radius 3 is 2.42 bits per heavy atom. The van der Waals surface area contributed by atoms with Crippen molar-refractivity contribution in [2.24, 2.45) is 5.73 Å². The van der Waals surface area contributed by atoms with Crippen molar-refractivity contribution in [1.82, 2.24) is 9.80 Å². The van der Waals surface area contributed by atoms with Crippen LogP contribution in [0.1, 0.15) is 58.1 Å². The maximum absolute atomic E-state index is 14.5. The van der Waals surface area contributed by atoms with Gasteiger partial charge in [0, 0.05) is 23.6 Å². The zero-order valence-corrected chi connectivity index (χ0v) is 30.6. The molecular formula is C38H40Cl2N4O5S. The number of carbonyl (C=O) groups excluding carboxylic acids is 2. The fraction of sp³-hybridized carbons (Fsp3) is 0.342. The number of methoxy groups -OCH3 is 2. The lowest BCUT2D eigenvalue weighted by Crippen LogP contribution is -2.42. The molecule has 2 amide bonds. The van der Waals surface area contributed by atoms with Crippen molar-refractivity contribution >= 4 is 56.6 Å². The average molecular weight is 736 g/mol. The summed E-state index contributed by atoms with van der Waals surface area (Å²) in [4.78, 5) is 31.5. The molecule has 0 radical (unpaired) electrons. The molecule has 4 aromatic carbocycles. The fourth-order valence-corrected chi connectivity index (χ4v) is 7.99. The van der Waals surface area contributed by atoms with Gasteiger partial charge in [0.25, 0.3) is 5.91 Å². The van der Waals surface area contributed by atoms with E-state index in [2.05, 4.69) is 11.0 Å². The van der Waals surface area contributed by atoms with Gasteiger partial charge in [0.15, 0.2) is 0 Å². The van der Waals surface area contributed by atoms with Crippen LogP contribution < -0.4 is 15.2 Å². The second kappa shape index (κ2) is 16.7. The molecule has 12 heteroatoms. The van der Waals surface area contributed by atoms with Crippen LogP contribution in [-0.2, 0) is 15.6 Å². The van der Waals surface area contributed by atoms with Gasteiger partial charge in [-0.05, 0) is 97.0 Å². The number of halogens is 2. The highest BCUT2D eigenvalue weighted by atomic mass is 35.5. The largest absolute Gasteiger partial charge is 0.497 e. The molecule has 50 heavy (non-hydrogen) atoms. The number of primary amides is 1. The Kier molecular flexibility index (Phi) is 12.4. The normalized spacial score (nSPS) is 14.9. The number of ether oxygens (including phenoxy) is 2. The Labute approximate surface area is 305 Å². The van der Waals surface area contributed by atoms with Crippen molar-refractivity contribution < 1.29 is 23.3 Å². The van der Waals surface area contributed by atoms with Crippen molar-refractivity contribution in [2.45, 2.75) is 36.0 Å². The van der Waals surface area contributed by atoms with Crippen molar-refractivity contribution in [2.75, 3.05) is 53.2 Å². The van der Waals surface area contributed by atoms with E-state index in [1.807, 2.05) is 42.5 Å². The van der Waals surface area contributed by atoms with Crippen LogP contribution in [0.4, 0.5) is 0 Å². The van der Waals surface area contributed by atoms with E-state index in [4.69, 9.17) is 38.4 Å². The highest BCUT2D eigenvalue weighted by Crippen LogP contribution is 2.36. The third-order valence-electron chi connectivity index (χ3n) is 9.38. The molecule has 0 bridgehead atoms. The highest BCUT2D eigenvalue weighted by molar-refractivity contribution is 7.84. The number of nitrogens with two attached hydrogens (primary N) is 1. The number of amides is 2. The quantitative estimate of drug-likeness (QED) is 0.161. The van der Waals surface area contributed by atoms with E-state index >= 15 is 0 Å². The van der Waals surface area contributed by atoms with E-state index in [0.717, 1.165) is 48.5 Å². The predicted octanol–water partition coefficient (Wildman–Crippen LogP) is 6.75. The first-order chi connectivity index (χ1) is 24.0. The third-order valence-corrected chi connectivity index (χ3v) is 11.1. The lowest BCUT2D eigenvalue weighted by molar-refractivity contribution is -0.118. The second-order valence-electron chi connectivity index (χ2n) is 12.5. The van der Waals surface area contributed by atoms with Crippen molar-refractivity contribution in [3.05, 3.63) is 99.0 Å². The molecule has 9 nitrogen and oxygen atoms in total. The minimum atomic E-state index is -1.14. The van der Waals surface area contributed by atoms with Gasteiger partial charge in [-0.1, -0.05) is 59.6 Å². The third kappa shape index (κ3) is 8.41. The van der Waals surface area contributed by atoms with Gasteiger partial charge in [0.2, 0.25) is 5.91 Å². The molecule has 2 N–H and O–H groups in total. The molecule has 0 aliphatic carbocycles. The molecule has 1 aliphatic rings. The smallest absolute Gasteiger partial charge is 0.258 e. The lowest BCUT2D eigenvalue weighted by atomic mass is 9.88. The maximum Gasteiger partial charge on any atom is 0.258 e. The van der Waals surface area contributed by atoms with Crippen molar-refractivity contribution in [1.29, 1.82) is 5.26 Å². The van der Waals surface area contributed by atoms with Gasteiger partial charge in [0.05, 0.1) is 52.7 Å².